The number of nitrogens with zero attached hydrogens (tertiary/aromatic N) is 1. The van der Waals surface area contributed by atoms with Gasteiger partial charge in [-0.1, -0.05) is 24.0 Å². The average molecular weight is 352 g/mol. The number of cyclic esters (lactones) is 1. The van der Waals surface area contributed by atoms with Crippen LogP contribution >= 0.6 is 0 Å². The standard InChI is InChI=1S/C20H17FN2O3/c21-16-3-1-2-14(9-16)19-18(23-20(25)26-19)15-6-13(10-22-11-15)5-4-12-7-17(24)8-12/h1-3,6,9-12,17-19,24H,7-8H2,(H,23,25)/t12?,17?,18?,19-/m1/s1. The zero-order valence-electron chi connectivity index (χ0n) is 13.9. The Balaban J connectivity index is 1.59. The van der Waals surface area contributed by atoms with Crippen molar-refractivity contribution < 1.29 is 19.0 Å². The highest BCUT2D eigenvalue weighted by atomic mass is 19.1. The highest BCUT2D eigenvalue weighted by Gasteiger charge is 2.36. The number of aliphatic hydroxyl groups excluding tert-OH is 1. The van der Waals surface area contributed by atoms with Gasteiger partial charge in [-0.25, -0.2) is 9.18 Å². The van der Waals surface area contributed by atoms with Crippen LogP contribution in [-0.2, 0) is 4.74 Å². The van der Waals surface area contributed by atoms with Gasteiger partial charge in [-0.15, -0.1) is 0 Å². The maximum atomic E-state index is 13.5. The summed E-state index contributed by atoms with van der Waals surface area (Å²) < 4.78 is 18.9. The van der Waals surface area contributed by atoms with Gasteiger partial charge in [-0.3, -0.25) is 4.98 Å². The molecular formula is C20H17FN2O3. The molecule has 1 unspecified atom stereocenters. The second kappa shape index (κ2) is 6.77. The second-order valence-electron chi connectivity index (χ2n) is 6.60. The molecule has 26 heavy (non-hydrogen) atoms. The number of pyridine rings is 1. The van der Waals surface area contributed by atoms with Crippen LogP contribution in [0.15, 0.2) is 42.7 Å². The van der Waals surface area contributed by atoms with E-state index >= 15 is 0 Å². The Morgan fingerprint density at radius 2 is 2.08 bits per heavy atom. The van der Waals surface area contributed by atoms with Crippen LogP contribution in [0.1, 0.15) is 41.7 Å². The van der Waals surface area contributed by atoms with Crippen LogP contribution in [0.4, 0.5) is 9.18 Å². The van der Waals surface area contributed by atoms with E-state index in [1.54, 1.807) is 24.5 Å². The molecule has 2 N–H and O–H groups in total. The lowest BCUT2D eigenvalue weighted by atomic mass is 9.83. The fraction of sp³-hybridized carbons (Fsp3) is 0.300. The molecule has 2 atom stereocenters. The summed E-state index contributed by atoms with van der Waals surface area (Å²) in [5, 5.41) is 12.1. The van der Waals surface area contributed by atoms with Gasteiger partial charge >= 0.3 is 6.09 Å². The predicted octanol–water partition coefficient (Wildman–Crippen LogP) is 2.87. The number of benzene rings is 1. The molecule has 5 nitrogen and oxygen atoms in total. The van der Waals surface area contributed by atoms with Crippen LogP contribution < -0.4 is 5.32 Å². The van der Waals surface area contributed by atoms with E-state index < -0.39 is 18.2 Å². The van der Waals surface area contributed by atoms with Crippen LogP contribution in [0.5, 0.6) is 0 Å². The maximum absolute atomic E-state index is 13.5. The minimum atomic E-state index is -0.634. The average Bonchev–Trinajstić information content (AvgIpc) is 3.00. The number of amides is 1. The van der Waals surface area contributed by atoms with Crippen molar-refractivity contribution in [3.05, 3.63) is 65.2 Å². The van der Waals surface area contributed by atoms with Gasteiger partial charge in [0.05, 0.1) is 6.10 Å². The SMILES string of the molecule is O=C1NC(c2cncc(C#CC3CC(O)C3)c2)[C@@H](c2cccc(F)c2)O1. The van der Waals surface area contributed by atoms with Crippen LogP contribution in [0.25, 0.3) is 0 Å². The first-order valence-electron chi connectivity index (χ1n) is 8.45. The predicted molar refractivity (Wildman–Crippen MR) is 91.3 cm³/mol. The summed E-state index contributed by atoms with van der Waals surface area (Å²) in [5.41, 5.74) is 2.04. The van der Waals surface area contributed by atoms with Gasteiger partial charge in [0.2, 0.25) is 0 Å². The maximum Gasteiger partial charge on any atom is 0.408 e. The van der Waals surface area contributed by atoms with E-state index in [0.29, 0.717) is 18.4 Å². The van der Waals surface area contributed by atoms with Crippen LogP contribution in [-0.4, -0.2) is 22.3 Å². The van der Waals surface area contributed by atoms with Gasteiger partial charge in [-0.05, 0) is 42.2 Å². The first-order valence-corrected chi connectivity index (χ1v) is 8.45. The van der Waals surface area contributed by atoms with Crippen LogP contribution in [0.3, 0.4) is 0 Å². The Morgan fingerprint density at radius 1 is 1.23 bits per heavy atom. The molecular weight excluding hydrogens is 335 g/mol. The summed E-state index contributed by atoms with van der Waals surface area (Å²) in [7, 11) is 0. The van der Waals surface area contributed by atoms with E-state index in [1.165, 1.54) is 12.1 Å². The molecule has 1 saturated carbocycles. The number of alkyl carbamates (subject to hydrolysis) is 1. The van der Waals surface area contributed by atoms with Gasteiger partial charge in [0, 0.05) is 23.9 Å². The van der Waals surface area contributed by atoms with Crippen molar-refractivity contribution in [2.24, 2.45) is 5.92 Å². The highest BCUT2D eigenvalue weighted by Crippen LogP contribution is 2.36. The molecule has 1 saturated heterocycles. The molecule has 1 aliphatic heterocycles. The third kappa shape index (κ3) is 3.39. The minimum absolute atomic E-state index is 0.211. The molecule has 2 aliphatic rings. The number of hydrogen-bond donors (Lipinski definition) is 2. The molecule has 0 radical (unpaired) electrons. The molecule has 0 bridgehead atoms. The van der Waals surface area contributed by atoms with Gasteiger partial charge in [0.1, 0.15) is 11.9 Å². The molecule has 6 heteroatoms. The van der Waals surface area contributed by atoms with Gasteiger partial charge in [0.15, 0.2) is 6.10 Å². The lowest BCUT2D eigenvalue weighted by Crippen LogP contribution is -2.26. The zero-order valence-corrected chi connectivity index (χ0v) is 13.9. The number of hydrogen-bond acceptors (Lipinski definition) is 4. The molecule has 1 aromatic heterocycles. The number of aromatic nitrogens is 1. The monoisotopic (exact) mass is 352 g/mol. The topological polar surface area (TPSA) is 71.5 Å². The second-order valence-corrected chi connectivity index (χ2v) is 6.60. The van der Waals surface area contributed by atoms with E-state index in [1.807, 2.05) is 6.07 Å². The smallest absolute Gasteiger partial charge is 0.408 e. The molecule has 2 aromatic rings. The number of rotatable bonds is 2. The van der Waals surface area contributed by atoms with Gasteiger partial charge in [0.25, 0.3) is 0 Å². The molecule has 1 aliphatic carbocycles. The Kier molecular flexibility index (Phi) is 4.31. The van der Waals surface area contributed by atoms with Crippen molar-refractivity contribution in [2.45, 2.75) is 31.1 Å². The van der Waals surface area contributed by atoms with E-state index in [0.717, 1.165) is 11.1 Å². The number of aliphatic hydroxyl groups is 1. The number of nitrogens with one attached hydrogen (secondary N) is 1. The van der Waals surface area contributed by atoms with Crippen LogP contribution in [0.2, 0.25) is 0 Å². The van der Waals surface area contributed by atoms with Gasteiger partial charge in [-0.2, -0.15) is 0 Å². The Morgan fingerprint density at radius 3 is 2.85 bits per heavy atom. The fourth-order valence-corrected chi connectivity index (χ4v) is 3.21. The zero-order chi connectivity index (χ0) is 18.1. The molecule has 0 spiro atoms. The first-order chi connectivity index (χ1) is 12.6. The quantitative estimate of drug-likeness (QED) is 0.816. The molecule has 1 amide bonds. The molecule has 132 valence electrons. The summed E-state index contributed by atoms with van der Waals surface area (Å²) in [6.45, 7) is 0. The summed E-state index contributed by atoms with van der Waals surface area (Å²) in [6.07, 6.45) is 3.28. The molecule has 1 aromatic carbocycles. The highest BCUT2D eigenvalue weighted by molar-refractivity contribution is 5.71. The molecule has 4 rings (SSSR count). The van der Waals surface area contributed by atoms with Crippen molar-refractivity contribution in [3.63, 3.8) is 0 Å². The van der Waals surface area contributed by atoms with E-state index in [2.05, 4.69) is 22.1 Å². The number of carbonyl (C=O) groups excluding carboxylic acids is 1. The van der Waals surface area contributed by atoms with E-state index in [9.17, 15) is 14.3 Å². The fourth-order valence-electron chi connectivity index (χ4n) is 3.21. The van der Waals surface area contributed by atoms with E-state index in [4.69, 9.17) is 4.74 Å². The Labute approximate surface area is 150 Å². The number of halogens is 1. The van der Waals surface area contributed by atoms with Crippen molar-refractivity contribution >= 4 is 6.09 Å². The van der Waals surface area contributed by atoms with Crippen molar-refractivity contribution in [1.29, 1.82) is 0 Å². The summed E-state index contributed by atoms with van der Waals surface area (Å²) in [6, 6.07) is 7.39. The lowest BCUT2D eigenvalue weighted by Gasteiger charge is -2.26. The summed E-state index contributed by atoms with van der Waals surface area (Å²) in [4.78, 5) is 16.0. The number of carbonyl (C=O) groups is 1. The Hall–Kier alpha value is -2.91. The summed E-state index contributed by atoms with van der Waals surface area (Å²) >= 11 is 0. The van der Waals surface area contributed by atoms with Crippen molar-refractivity contribution in [2.75, 3.05) is 0 Å². The first kappa shape index (κ1) is 16.6. The third-order valence-electron chi connectivity index (χ3n) is 4.64. The lowest BCUT2D eigenvalue weighted by molar-refractivity contribution is 0.0665. The third-order valence-corrected chi connectivity index (χ3v) is 4.64. The number of ether oxygens (including phenoxy) is 1. The largest absolute Gasteiger partial charge is 0.439 e. The summed E-state index contributed by atoms with van der Waals surface area (Å²) in [5.74, 6) is 6.02. The Bertz CT molecular complexity index is 899. The van der Waals surface area contributed by atoms with Gasteiger partial charge < -0.3 is 15.2 Å². The van der Waals surface area contributed by atoms with Crippen molar-refractivity contribution in [1.82, 2.24) is 10.3 Å². The molecule has 2 fully saturated rings. The normalized spacial score (nSPS) is 26.9. The van der Waals surface area contributed by atoms with Crippen LogP contribution in [0, 0.1) is 23.6 Å². The molecule has 2 heterocycles. The minimum Gasteiger partial charge on any atom is -0.439 e. The van der Waals surface area contributed by atoms with Crippen molar-refractivity contribution in [3.8, 4) is 11.8 Å². The van der Waals surface area contributed by atoms with E-state index in [-0.39, 0.29) is 17.8 Å².